The summed E-state index contributed by atoms with van der Waals surface area (Å²) in [5, 5.41) is 20.9. The topological polar surface area (TPSA) is 83.0 Å². The molecule has 2 N–H and O–H groups in total. The second-order valence-corrected chi connectivity index (χ2v) is 5.06. The normalized spacial score (nSPS) is 14.7. The molecule has 0 saturated carbocycles. The monoisotopic (exact) mass is 273 g/mol. The van der Waals surface area contributed by atoms with Crippen LogP contribution >= 0.6 is 0 Å². The number of fused-ring (bicyclic) bond motifs is 3. The van der Waals surface area contributed by atoms with Gasteiger partial charge in [0.1, 0.15) is 12.0 Å². The minimum atomic E-state index is -0.920. The van der Waals surface area contributed by atoms with Gasteiger partial charge in [0.15, 0.2) is 0 Å². The van der Waals surface area contributed by atoms with E-state index in [9.17, 15) is 4.79 Å². The first-order valence-electron chi connectivity index (χ1n) is 6.65. The summed E-state index contributed by atoms with van der Waals surface area (Å²) >= 11 is 0. The van der Waals surface area contributed by atoms with E-state index >= 15 is 0 Å². The third-order valence-corrected chi connectivity index (χ3v) is 3.77. The average molecular weight is 273 g/mol. The molecule has 0 amide bonds. The molecule has 5 nitrogen and oxygen atoms in total. The lowest BCUT2D eigenvalue weighted by molar-refractivity contribution is -0.136. The van der Waals surface area contributed by atoms with Crippen molar-refractivity contribution >= 4 is 11.7 Å². The zero-order valence-electron chi connectivity index (χ0n) is 10.9. The summed E-state index contributed by atoms with van der Waals surface area (Å²) in [6, 6.07) is 4.00. The smallest absolute Gasteiger partial charge is 0.303 e. The fraction of sp³-hybridized carbons (Fsp3) is 0.333. The van der Waals surface area contributed by atoms with E-state index in [1.165, 1.54) is 23.8 Å². The Labute approximate surface area is 115 Å². The van der Waals surface area contributed by atoms with Gasteiger partial charge in [-0.05, 0) is 42.5 Å². The minimum absolute atomic E-state index is 0.0745. The maximum absolute atomic E-state index is 10.6. The van der Waals surface area contributed by atoms with Crippen molar-refractivity contribution in [3.63, 3.8) is 0 Å². The number of oxime groups is 1. The van der Waals surface area contributed by atoms with Crippen LogP contribution < -0.4 is 0 Å². The van der Waals surface area contributed by atoms with Gasteiger partial charge in [0.2, 0.25) is 0 Å². The molecule has 0 aromatic carbocycles. The van der Waals surface area contributed by atoms with Crippen LogP contribution in [0.2, 0.25) is 0 Å². The highest BCUT2D eigenvalue weighted by atomic mass is 16.4. The van der Waals surface area contributed by atoms with Gasteiger partial charge >= 0.3 is 5.97 Å². The van der Waals surface area contributed by atoms with E-state index in [1.54, 1.807) is 0 Å². The summed E-state index contributed by atoms with van der Waals surface area (Å²) in [4.78, 5) is 10.6. The van der Waals surface area contributed by atoms with Gasteiger partial charge in [-0.2, -0.15) is 0 Å². The van der Waals surface area contributed by atoms with Gasteiger partial charge in [0.25, 0.3) is 0 Å². The summed E-state index contributed by atoms with van der Waals surface area (Å²) in [6.07, 6.45) is 4.93. The highest BCUT2D eigenvalue weighted by molar-refractivity contribution is 6.02. The Morgan fingerprint density at radius 2 is 2.15 bits per heavy atom. The Morgan fingerprint density at radius 1 is 1.30 bits per heavy atom. The Balaban J connectivity index is 1.93. The second kappa shape index (κ2) is 5.00. The molecule has 104 valence electrons. The van der Waals surface area contributed by atoms with Crippen molar-refractivity contribution in [3.8, 4) is 11.3 Å². The van der Waals surface area contributed by atoms with Crippen LogP contribution in [0.5, 0.6) is 0 Å². The van der Waals surface area contributed by atoms with E-state index < -0.39 is 5.97 Å². The maximum Gasteiger partial charge on any atom is 0.303 e. The molecule has 3 aliphatic rings. The molecule has 0 bridgehead atoms. The van der Waals surface area contributed by atoms with E-state index in [1.807, 2.05) is 6.07 Å². The minimum Gasteiger partial charge on any atom is -0.481 e. The standard InChI is InChI=1S/C15H15NO4/c17-14(18)5-4-13(16-19)11-7-10-6-9-2-1-3-12(9)15(10)20-8-11/h6-8,19H,1-5H2,(H,17,18). The van der Waals surface area contributed by atoms with Crippen LogP contribution in [-0.4, -0.2) is 22.0 Å². The molecule has 0 radical (unpaired) electrons. The molecule has 5 heteroatoms. The molecular weight excluding hydrogens is 258 g/mol. The average Bonchev–Trinajstić information content (AvgIpc) is 2.99. The number of carboxylic acids is 1. The van der Waals surface area contributed by atoms with Crippen LogP contribution in [0.3, 0.4) is 0 Å². The van der Waals surface area contributed by atoms with Gasteiger partial charge < -0.3 is 14.7 Å². The number of hydrogen-bond acceptors (Lipinski definition) is 4. The summed E-state index contributed by atoms with van der Waals surface area (Å²) in [5.74, 6) is -0.0202. The molecule has 0 fully saturated rings. The highest BCUT2D eigenvalue weighted by Gasteiger charge is 2.23. The van der Waals surface area contributed by atoms with E-state index in [0.29, 0.717) is 11.3 Å². The van der Waals surface area contributed by atoms with Crippen molar-refractivity contribution in [1.82, 2.24) is 0 Å². The van der Waals surface area contributed by atoms with Crippen LogP contribution in [0.4, 0.5) is 0 Å². The SMILES string of the molecule is O=C(O)CCC(=NO)c1coc2c3c(cc-2c1)CCC3. The third kappa shape index (κ3) is 2.15. The maximum atomic E-state index is 10.6. The Hall–Kier alpha value is -2.30. The van der Waals surface area contributed by atoms with Crippen LogP contribution in [0.1, 0.15) is 36.0 Å². The number of aliphatic carboxylic acids is 1. The third-order valence-electron chi connectivity index (χ3n) is 3.77. The molecule has 1 aliphatic heterocycles. The van der Waals surface area contributed by atoms with Gasteiger partial charge in [0.05, 0.1) is 12.1 Å². The number of nitrogens with zero attached hydrogens (tertiary/aromatic N) is 1. The largest absolute Gasteiger partial charge is 0.481 e. The highest BCUT2D eigenvalue weighted by Crippen LogP contribution is 2.38. The molecule has 2 aliphatic carbocycles. The molecule has 0 aromatic rings. The zero-order valence-corrected chi connectivity index (χ0v) is 10.9. The first-order chi connectivity index (χ1) is 9.69. The van der Waals surface area contributed by atoms with Gasteiger partial charge in [-0.3, -0.25) is 4.79 Å². The van der Waals surface area contributed by atoms with Crippen LogP contribution in [0.15, 0.2) is 28.0 Å². The number of hydrogen-bond donors (Lipinski definition) is 2. The van der Waals surface area contributed by atoms with Crippen molar-refractivity contribution in [2.75, 3.05) is 0 Å². The number of aryl methyl sites for hydroxylation is 1. The summed E-state index contributed by atoms with van der Waals surface area (Å²) < 4.78 is 5.68. The van der Waals surface area contributed by atoms with Crippen LogP contribution in [0.25, 0.3) is 11.3 Å². The van der Waals surface area contributed by atoms with Crippen molar-refractivity contribution in [2.45, 2.75) is 32.1 Å². The zero-order chi connectivity index (χ0) is 14.1. The Bertz CT molecular complexity index is 656. The molecule has 3 rings (SSSR count). The Kier molecular flexibility index (Phi) is 3.18. The van der Waals surface area contributed by atoms with E-state index in [-0.39, 0.29) is 12.8 Å². The molecule has 0 saturated heterocycles. The van der Waals surface area contributed by atoms with Crippen LogP contribution in [0, 0.1) is 0 Å². The Morgan fingerprint density at radius 3 is 2.90 bits per heavy atom. The number of carbonyl (C=O) groups is 1. The predicted molar refractivity (Wildman–Crippen MR) is 72.5 cm³/mol. The quantitative estimate of drug-likeness (QED) is 0.509. The molecule has 0 unspecified atom stereocenters. The van der Waals surface area contributed by atoms with Gasteiger partial charge in [0, 0.05) is 17.5 Å². The van der Waals surface area contributed by atoms with E-state index in [2.05, 4.69) is 11.2 Å². The summed E-state index contributed by atoms with van der Waals surface area (Å²) in [6.45, 7) is 0. The first kappa shape index (κ1) is 12.7. The molecular formula is C15H15NO4. The number of rotatable bonds is 4. The molecule has 0 atom stereocenters. The molecule has 20 heavy (non-hydrogen) atoms. The number of carboxylic acid groups (broad SMARTS) is 1. The van der Waals surface area contributed by atoms with Crippen LogP contribution in [-0.2, 0) is 17.6 Å². The molecule has 0 aromatic heterocycles. The predicted octanol–water partition coefficient (Wildman–Crippen LogP) is 2.92. The van der Waals surface area contributed by atoms with Gasteiger partial charge in [-0.25, -0.2) is 0 Å². The van der Waals surface area contributed by atoms with Crippen molar-refractivity contribution in [2.24, 2.45) is 5.16 Å². The van der Waals surface area contributed by atoms with E-state index in [4.69, 9.17) is 14.7 Å². The molecule has 1 heterocycles. The van der Waals surface area contributed by atoms with Crippen molar-refractivity contribution < 1.29 is 19.5 Å². The van der Waals surface area contributed by atoms with Gasteiger partial charge in [-0.15, -0.1) is 0 Å². The lowest BCUT2D eigenvalue weighted by Gasteiger charge is -2.06. The van der Waals surface area contributed by atoms with Crippen molar-refractivity contribution in [1.29, 1.82) is 0 Å². The summed E-state index contributed by atoms with van der Waals surface area (Å²) in [7, 11) is 0. The summed E-state index contributed by atoms with van der Waals surface area (Å²) in [5.41, 5.74) is 4.56. The van der Waals surface area contributed by atoms with E-state index in [0.717, 1.165) is 24.2 Å². The second-order valence-electron chi connectivity index (χ2n) is 5.06. The van der Waals surface area contributed by atoms with Crippen molar-refractivity contribution in [3.05, 3.63) is 35.1 Å². The molecule has 0 spiro atoms. The lowest BCUT2D eigenvalue weighted by atomic mass is 10.0. The lowest BCUT2D eigenvalue weighted by Crippen LogP contribution is -2.05. The van der Waals surface area contributed by atoms with Gasteiger partial charge in [-0.1, -0.05) is 5.16 Å². The fourth-order valence-corrected chi connectivity index (χ4v) is 2.81. The fourth-order valence-electron chi connectivity index (χ4n) is 2.81. The first-order valence-corrected chi connectivity index (χ1v) is 6.65.